The number of hydrogen-bond donors (Lipinski definition) is 5. The van der Waals surface area contributed by atoms with E-state index in [4.69, 9.17) is 9.84 Å². The lowest BCUT2D eigenvalue weighted by Crippen LogP contribution is -2.43. The number of aromatic nitrogens is 1. The number of aliphatic hydroxyl groups excluding tert-OH is 2. The number of amides is 2. The van der Waals surface area contributed by atoms with Gasteiger partial charge in [-0.2, -0.15) is 0 Å². The molecule has 2 aromatic rings. The molecule has 1 aromatic heterocycles. The number of H-pyrrole nitrogens is 1. The van der Waals surface area contributed by atoms with E-state index in [2.05, 4.69) is 22.2 Å². The number of allylic oxidation sites excluding steroid dienone is 1. The first-order chi connectivity index (χ1) is 14.6. The Morgan fingerprint density at radius 1 is 1.23 bits per heavy atom. The van der Waals surface area contributed by atoms with E-state index in [9.17, 15) is 14.7 Å². The summed E-state index contributed by atoms with van der Waals surface area (Å²) < 4.78 is 5.09. The predicted octanol–water partition coefficient (Wildman–Crippen LogP) is 0.895. The Balaban J connectivity index is 1.90. The summed E-state index contributed by atoms with van der Waals surface area (Å²) in [4.78, 5) is 28.1. The molecule has 0 fully saturated rings. The molecule has 2 atom stereocenters. The second kappa shape index (κ2) is 12.8. The van der Waals surface area contributed by atoms with Crippen molar-refractivity contribution in [3.8, 4) is 0 Å². The van der Waals surface area contributed by atoms with E-state index < -0.39 is 12.0 Å². The molecule has 164 valence electrons. The Hall–Kier alpha value is -2.68. The van der Waals surface area contributed by atoms with Crippen LogP contribution in [-0.2, 0) is 20.7 Å². The number of benzene rings is 1. The lowest BCUT2D eigenvalue weighted by Gasteiger charge is -2.20. The van der Waals surface area contributed by atoms with Crippen LogP contribution < -0.4 is 10.6 Å². The van der Waals surface area contributed by atoms with Crippen LogP contribution in [0.5, 0.6) is 0 Å². The number of aliphatic hydroxyl groups is 2. The van der Waals surface area contributed by atoms with Crippen molar-refractivity contribution in [2.24, 2.45) is 5.92 Å². The van der Waals surface area contributed by atoms with Crippen molar-refractivity contribution in [1.82, 2.24) is 15.6 Å². The molecule has 2 unspecified atom stereocenters. The van der Waals surface area contributed by atoms with Gasteiger partial charge in [0.2, 0.25) is 11.8 Å². The largest absolute Gasteiger partial charge is 0.394 e. The highest BCUT2D eigenvalue weighted by atomic mass is 16.5. The molecular weight excluding hydrogens is 386 g/mol. The molecule has 5 N–H and O–H groups in total. The van der Waals surface area contributed by atoms with Crippen molar-refractivity contribution in [2.45, 2.75) is 25.3 Å². The summed E-state index contributed by atoms with van der Waals surface area (Å²) >= 11 is 0. The maximum Gasteiger partial charge on any atom is 0.224 e. The van der Waals surface area contributed by atoms with Gasteiger partial charge in [0.25, 0.3) is 0 Å². The number of aromatic amines is 1. The van der Waals surface area contributed by atoms with Gasteiger partial charge in [-0.15, -0.1) is 6.58 Å². The maximum absolute atomic E-state index is 12.7. The number of rotatable bonds is 14. The van der Waals surface area contributed by atoms with Crippen LogP contribution in [-0.4, -0.2) is 66.0 Å². The summed E-state index contributed by atoms with van der Waals surface area (Å²) in [6.45, 7) is 4.21. The predicted molar refractivity (Wildman–Crippen MR) is 115 cm³/mol. The molecule has 0 aliphatic rings. The Bertz CT molecular complexity index is 820. The van der Waals surface area contributed by atoms with Crippen LogP contribution in [0.2, 0.25) is 0 Å². The lowest BCUT2D eigenvalue weighted by atomic mass is 9.98. The smallest absolute Gasteiger partial charge is 0.224 e. The van der Waals surface area contributed by atoms with Crippen molar-refractivity contribution in [2.75, 3.05) is 33.0 Å². The summed E-state index contributed by atoms with van der Waals surface area (Å²) in [5, 5.41) is 25.0. The quantitative estimate of drug-likeness (QED) is 0.231. The number of carbonyl (C=O) groups excluding carboxylic acids is 2. The van der Waals surface area contributed by atoms with E-state index >= 15 is 0 Å². The molecule has 1 aromatic carbocycles. The van der Waals surface area contributed by atoms with E-state index in [0.29, 0.717) is 26.0 Å². The van der Waals surface area contributed by atoms with Crippen LogP contribution in [0.25, 0.3) is 10.9 Å². The van der Waals surface area contributed by atoms with E-state index in [-0.39, 0.29) is 38.1 Å². The van der Waals surface area contributed by atoms with Gasteiger partial charge >= 0.3 is 0 Å². The normalized spacial score (nSPS) is 13.0. The van der Waals surface area contributed by atoms with Gasteiger partial charge in [0.05, 0.1) is 38.4 Å². The van der Waals surface area contributed by atoms with E-state index in [1.165, 1.54) is 0 Å². The Kier molecular flexibility index (Phi) is 10.1. The Morgan fingerprint density at radius 2 is 2.03 bits per heavy atom. The van der Waals surface area contributed by atoms with E-state index in [1.807, 2.05) is 30.5 Å². The highest BCUT2D eigenvalue weighted by Crippen LogP contribution is 2.19. The molecule has 8 heteroatoms. The summed E-state index contributed by atoms with van der Waals surface area (Å²) in [6.07, 6.45) is 4.33. The second-order valence-electron chi connectivity index (χ2n) is 7.06. The third-order valence-electron chi connectivity index (χ3n) is 4.77. The van der Waals surface area contributed by atoms with Crippen molar-refractivity contribution in [3.05, 3.63) is 48.7 Å². The summed E-state index contributed by atoms with van der Waals surface area (Å²) in [7, 11) is 0. The number of para-hydroxylation sites is 1. The number of carbonyl (C=O) groups is 2. The molecule has 30 heavy (non-hydrogen) atoms. The average Bonchev–Trinajstić information content (AvgIpc) is 3.15. The fourth-order valence-corrected chi connectivity index (χ4v) is 3.26. The van der Waals surface area contributed by atoms with Crippen molar-refractivity contribution in [1.29, 1.82) is 0 Å². The molecule has 0 bridgehead atoms. The molecule has 8 nitrogen and oxygen atoms in total. The van der Waals surface area contributed by atoms with Crippen LogP contribution in [0.4, 0.5) is 0 Å². The van der Waals surface area contributed by atoms with Crippen LogP contribution >= 0.6 is 0 Å². The van der Waals surface area contributed by atoms with Crippen LogP contribution in [0.15, 0.2) is 43.1 Å². The average molecular weight is 418 g/mol. The van der Waals surface area contributed by atoms with Gasteiger partial charge in [0.15, 0.2) is 0 Å². The minimum atomic E-state index is -0.571. The number of nitrogens with one attached hydrogen (secondary N) is 3. The van der Waals surface area contributed by atoms with Gasteiger partial charge in [0.1, 0.15) is 0 Å². The van der Waals surface area contributed by atoms with Gasteiger partial charge in [-0.3, -0.25) is 9.59 Å². The zero-order valence-electron chi connectivity index (χ0n) is 17.1. The number of fused-ring (bicyclic) bond motifs is 1. The lowest BCUT2D eigenvalue weighted by molar-refractivity contribution is -0.131. The van der Waals surface area contributed by atoms with Gasteiger partial charge in [-0.05, 0) is 24.5 Å². The third kappa shape index (κ3) is 7.29. The monoisotopic (exact) mass is 417 g/mol. The highest BCUT2D eigenvalue weighted by molar-refractivity contribution is 5.86. The topological polar surface area (TPSA) is 124 Å². The fraction of sp³-hybridized carbons (Fsp3) is 0.455. The fourth-order valence-electron chi connectivity index (χ4n) is 3.26. The standard InChI is InChI=1S/C22H31N3O5/c1-2-5-16(13-21(28)23-8-10-30-11-9-26)22(29)25-18(15-27)12-17-14-24-20-7-4-3-6-19(17)20/h2-4,6-7,14,16,18,24,26-27H,1,5,8-13,15H2,(H,23,28)(H,25,29). The summed E-state index contributed by atoms with van der Waals surface area (Å²) in [5.41, 5.74) is 2.01. The molecule has 2 amide bonds. The molecule has 0 aliphatic carbocycles. The van der Waals surface area contributed by atoms with Gasteiger partial charge in [-0.25, -0.2) is 0 Å². The molecule has 2 rings (SSSR count). The Morgan fingerprint density at radius 3 is 2.77 bits per heavy atom. The first-order valence-corrected chi connectivity index (χ1v) is 10.1. The maximum atomic E-state index is 12.7. The summed E-state index contributed by atoms with van der Waals surface area (Å²) in [6, 6.07) is 7.39. The highest BCUT2D eigenvalue weighted by Gasteiger charge is 2.23. The van der Waals surface area contributed by atoms with Gasteiger partial charge in [-0.1, -0.05) is 24.3 Å². The zero-order valence-corrected chi connectivity index (χ0v) is 17.1. The van der Waals surface area contributed by atoms with Gasteiger partial charge < -0.3 is 30.6 Å². The van der Waals surface area contributed by atoms with E-state index in [0.717, 1.165) is 16.5 Å². The minimum Gasteiger partial charge on any atom is -0.394 e. The van der Waals surface area contributed by atoms with Crippen LogP contribution in [0, 0.1) is 5.92 Å². The van der Waals surface area contributed by atoms with Crippen LogP contribution in [0.1, 0.15) is 18.4 Å². The molecular formula is C22H31N3O5. The second-order valence-corrected chi connectivity index (χ2v) is 7.06. The number of hydrogen-bond acceptors (Lipinski definition) is 5. The van der Waals surface area contributed by atoms with Crippen molar-refractivity contribution in [3.63, 3.8) is 0 Å². The van der Waals surface area contributed by atoms with Crippen LogP contribution in [0.3, 0.4) is 0 Å². The first-order valence-electron chi connectivity index (χ1n) is 10.1. The zero-order chi connectivity index (χ0) is 21.8. The molecule has 0 spiro atoms. The molecule has 0 saturated heterocycles. The van der Waals surface area contributed by atoms with E-state index in [1.54, 1.807) is 6.08 Å². The SMILES string of the molecule is C=CCC(CC(=O)NCCOCCO)C(=O)NC(CO)Cc1c[nH]c2ccccc12. The molecule has 0 aliphatic heterocycles. The third-order valence-corrected chi connectivity index (χ3v) is 4.77. The minimum absolute atomic E-state index is 0.0170. The molecule has 1 heterocycles. The van der Waals surface area contributed by atoms with Crippen molar-refractivity contribution >= 4 is 22.7 Å². The Labute approximate surface area is 176 Å². The molecule has 0 saturated carbocycles. The first kappa shape index (κ1) is 23.6. The molecule has 0 radical (unpaired) electrons. The number of ether oxygens (including phenoxy) is 1. The summed E-state index contributed by atoms with van der Waals surface area (Å²) in [5.74, 6) is -1.12. The van der Waals surface area contributed by atoms with Gasteiger partial charge in [0, 0.05) is 30.1 Å². The van der Waals surface area contributed by atoms with Crippen molar-refractivity contribution < 1.29 is 24.5 Å².